The van der Waals surface area contributed by atoms with E-state index in [0.717, 1.165) is 6.07 Å². The summed E-state index contributed by atoms with van der Waals surface area (Å²) in [6.45, 7) is 1.46. The molecular weight excluding hydrogens is 308 g/mol. The van der Waals surface area contributed by atoms with E-state index in [2.05, 4.69) is 5.32 Å². The number of aliphatic hydroxyl groups is 2. The van der Waals surface area contributed by atoms with Gasteiger partial charge >= 0.3 is 5.97 Å². The maximum atomic E-state index is 11.0. The van der Waals surface area contributed by atoms with Gasteiger partial charge in [0.25, 0.3) is 5.69 Å². The Hall–Kier alpha value is -2.52. The third-order valence-corrected chi connectivity index (χ3v) is 3.17. The standard InChI is InChI=1S/C14H18N2O7/c1-8(17)15-5-4-12(18)14(21)10-3-2-9(7-13(19)20)11(6-10)16(22)23/h2-3,6,12,14,18,21H,4-5,7H2,1H3,(H,15,17)(H,19,20). The molecule has 0 heterocycles. The van der Waals surface area contributed by atoms with Crippen molar-refractivity contribution in [1.29, 1.82) is 0 Å². The second-order valence-electron chi connectivity index (χ2n) is 5.00. The van der Waals surface area contributed by atoms with Crippen molar-refractivity contribution >= 4 is 17.6 Å². The van der Waals surface area contributed by atoms with E-state index in [1.807, 2.05) is 0 Å². The zero-order valence-electron chi connectivity index (χ0n) is 12.4. The number of carboxylic acids is 1. The van der Waals surface area contributed by atoms with Crippen molar-refractivity contribution in [3.05, 3.63) is 39.4 Å². The van der Waals surface area contributed by atoms with Gasteiger partial charge in [-0.3, -0.25) is 19.7 Å². The highest BCUT2D eigenvalue weighted by Gasteiger charge is 2.23. The van der Waals surface area contributed by atoms with Crippen LogP contribution in [-0.2, 0) is 16.0 Å². The van der Waals surface area contributed by atoms with Crippen LogP contribution in [0.1, 0.15) is 30.6 Å². The minimum Gasteiger partial charge on any atom is -0.481 e. The Bertz CT molecular complexity index is 603. The number of aliphatic hydroxyl groups excluding tert-OH is 2. The largest absolute Gasteiger partial charge is 0.481 e. The number of hydrogen-bond donors (Lipinski definition) is 4. The molecular formula is C14H18N2O7. The van der Waals surface area contributed by atoms with Gasteiger partial charge in [-0.1, -0.05) is 12.1 Å². The number of nitro groups is 1. The van der Waals surface area contributed by atoms with Crippen LogP contribution in [0.15, 0.2) is 18.2 Å². The summed E-state index contributed by atoms with van der Waals surface area (Å²) in [7, 11) is 0. The summed E-state index contributed by atoms with van der Waals surface area (Å²) < 4.78 is 0. The third kappa shape index (κ3) is 5.64. The molecule has 0 spiro atoms. The van der Waals surface area contributed by atoms with Crippen molar-refractivity contribution in [3.8, 4) is 0 Å². The number of nitrogens with zero attached hydrogens (tertiary/aromatic N) is 1. The predicted molar refractivity (Wildman–Crippen MR) is 78.7 cm³/mol. The van der Waals surface area contributed by atoms with Gasteiger partial charge < -0.3 is 20.6 Å². The Morgan fingerprint density at radius 3 is 2.52 bits per heavy atom. The van der Waals surface area contributed by atoms with Gasteiger partial charge in [-0.2, -0.15) is 0 Å². The molecule has 0 aromatic heterocycles. The Kier molecular flexibility index (Phi) is 6.61. The van der Waals surface area contributed by atoms with E-state index in [1.165, 1.54) is 19.1 Å². The Labute approximate surface area is 131 Å². The first-order valence-corrected chi connectivity index (χ1v) is 6.82. The molecule has 23 heavy (non-hydrogen) atoms. The molecule has 1 aromatic rings. The number of carboxylic acid groups (broad SMARTS) is 1. The lowest BCUT2D eigenvalue weighted by atomic mass is 9.98. The van der Waals surface area contributed by atoms with Crippen LogP contribution in [0, 0.1) is 10.1 Å². The highest BCUT2D eigenvalue weighted by Crippen LogP contribution is 2.26. The molecule has 2 atom stereocenters. The van der Waals surface area contributed by atoms with Crippen molar-refractivity contribution in [2.75, 3.05) is 6.54 Å². The number of benzene rings is 1. The van der Waals surface area contributed by atoms with Crippen molar-refractivity contribution < 1.29 is 29.8 Å². The fourth-order valence-electron chi connectivity index (χ4n) is 2.02. The summed E-state index contributed by atoms with van der Waals surface area (Å²) in [5, 5.41) is 42.1. The van der Waals surface area contributed by atoms with E-state index in [-0.39, 0.29) is 30.0 Å². The van der Waals surface area contributed by atoms with Crippen LogP contribution in [0.3, 0.4) is 0 Å². The number of rotatable bonds is 8. The molecule has 0 aliphatic rings. The zero-order chi connectivity index (χ0) is 17.6. The summed E-state index contributed by atoms with van der Waals surface area (Å²) in [6, 6.07) is 3.62. The van der Waals surface area contributed by atoms with Gasteiger partial charge in [0.15, 0.2) is 0 Å². The van der Waals surface area contributed by atoms with E-state index in [4.69, 9.17) is 5.11 Å². The minimum absolute atomic E-state index is 0.00573. The van der Waals surface area contributed by atoms with Gasteiger partial charge in [-0.05, 0) is 12.0 Å². The van der Waals surface area contributed by atoms with E-state index in [0.29, 0.717) is 0 Å². The van der Waals surface area contributed by atoms with E-state index < -0.39 is 35.2 Å². The monoisotopic (exact) mass is 326 g/mol. The number of carbonyl (C=O) groups is 2. The van der Waals surface area contributed by atoms with E-state index >= 15 is 0 Å². The van der Waals surface area contributed by atoms with Gasteiger partial charge in [0.1, 0.15) is 6.10 Å². The van der Waals surface area contributed by atoms with Crippen LogP contribution in [0.5, 0.6) is 0 Å². The maximum Gasteiger partial charge on any atom is 0.308 e. The molecule has 0 aliphatic heterocycles. The van der Waals surface area contributed by atoms with Gasteiger partial charge in [-0.15, -0.1) is 0 Å². The Morgan fingerprint density at radius 1 is 1.35 bits per heavy atom. The zero-order valence-corrected chi connectivity index (χ0v) is 12.4. The second kappa shape index (κ2) is 8.20. The van der Waals surface area contributed by atoms with Gasteiger partial charge in [0.05, 0.1) is 17.4 Å². The SMILES string of the molecule is CC(=O)NCCC(O)C(O)c1ccc(CC(=O)O)c([N+](=O)[O-])c1. The van der Waals surface area contributed by atoms with Crippen LogP contribution in [-0.4, -0.2) is 44.8 Å². The summed E-state index contributed by atoms with van der Waals surface area (Å²) in [4.78, 5) is 31.7. The normalized spacial score (nSPS) is 13.2. The third-order valence-electron chi connectivity index (χ3n) is 3.17. The number of nitro benzene ring substituents is 1. The quantitative estimate of drug-likeness (QED) is 0.392. The van der Waals surface area contributed by atoms with Crippen molar-refractivity contribution in [1.82, 2.24) is 5.32 Å². The Morgan fingerprint density at radius 2 is 2.00 bits per heavy atom. The predicted octanol–water partition coefficient (Wildman–Crippen LogP) is 0.142. The van der Waals surface area contributed by atoms with Crippen LogP contribution in [0.2, 0.25) is 0 Å². The molecule has 0 radical (unpaired) electrons. The van der Waals surface area contributed by atoms with E-state index in [9.17, 15) is 29.9 Å². The van der Waals surface area contributed by atoms with Crippen LogP contribution in [0.25, 0.3) is 0 Å². The molecule has 9 heteroatoms. The van der Waals surface area contributed by atoms with Crippen molar-refractivity contribution in [2.45, 2.75) is 32.0 Å². The minimum atomic E-state index is -1.39. The topological polar surface area (TPSA) is 150 Å². The highest BCUT2D eigenvalue weighted by atomic mass is 16.6. The molecule has 9 nitrogen and oxygen atoms in total. The smallest absolute Gasteiger partial charge is 0.308 e. The summed E-state index contributed by atoms with van der Waals surface area (Å²) in [5.41, 5.74) is -0.328. The fourth-order valence-corrected chi connectivity index (χ4v) is 2.02. The molecule has 0 saturated heterocycles. The highest BCUT2D eigenvalue weighted by molar-refractivity contribution is 5.73. The van der Waals surface area contributed by atoms with Gasteiger partial charge in [-0.25, -0.2) is 0 Å². The van der Waals surface area contributed by atoms with E-state index in [1.54, 1.807) is 0 Å². The summed E-state index contributed by atoms with van der Waals surface area (Å²) in [6.07, 6.45) is -3.07. The molecule has 1 aromatic carbocycles. The van der Waals surface area contributed by atoms with Crippen LogP contribution < -0.4 is 5.32 Å². The Balaban J connectivity index is 2.90. The first-order valence-electron chi connectivity index (χ1n) is 6.82. The second-order valence-corrected chi connectivity index (χ2v) is 5.00. The van der Waals surface area contributed by atoms with Crippen LogP contribution in [0.4, 0.5) is 5.69 Å². The van der Waals surface area contributed by atoms with Crippen LogP contribution >= 0.6 is 0 Å². The number of hydrogen-bond acceptors (Lipinski definition) is 6. The first-order chi connectivity index (χ1) is 10.7. The molecule has 1 rings (SSSR count). The molecule has 4 N–H and O–H groups in total. The first kappa shape index (κ1) is 18.5. The molecule has 0 bridgehead atoms. The van der Waals surface area contributed by atoms with Crippen molar-refractivity contribution in [3.63, 3.8) is 0 Å². The summed E-state index contributed by atoms with van der Waals surface area (Å²) >= 11 is 0. The molecule has 2 unspecified atom stereocenters. The summed E-state index contributed by atoms with van der Waals surface area (Å²) in [5.74, 6) is -1.49. The average Bonchev–Trinajstić information content (AvgIpc) is 2.45. The lowest BCUT2D eigenvalue weighted by Crippen LogP contribution is -2.27. The number of amides is 1. The van der Waals surface area contributed by atoms with Gasteiger partial charge in [0, 0.05) is 25.1 Å². The molecule has 0 fully saturated rings. The molecule has 0 saturated carbocycles. The fraction of sp³-hybridized carbons (Fsp3) is 0.429. The number of nitrogens with one attached hydrogen (secondary N) is 1. The number of aliphatic carboxylic acids is 1. The maximum absolute atomic E-state index is 11.0. The van der Waals surface area contributed by atoms with Gasteiger partial charge in [0.2, 0.25) is 5.91 Å². The molecule has 126 valence electrons. The number of carbonyl (C=O) groups excluding carboxylic acids is 1. The average molecular weight is 326 g/mol. The lowest BCUT2D eigenvalue weighted by Gasteiger charge is -2.18. The molecule has 0 aliphatic carbocycles. The molecule has 1 amide bonds. The lowest BCUT2D eigenvalue weighted by molar-refractivity contribution is -0.385. The van der Waals surface area contributed by atoms with Crippen molar-refractivity contribution in [2.24, 2.45) is 0 Å².